The highest BCUT2D eigenvalue weighted by Gasteiger charge is 2.16. The number of ether oxygens (including phenoxy) is 1. The van der Waals surface area contributed by atoms with Gasteiger partial charge in [-0.05, 0) is 36.1 Å². The number of esters is 1. The number of rotatable bonds is 6. The summed E-state index contributed by atoms with van der Waals surface area (Å²) in [6, 6.07) is 18.5. The fourth-order valence-electron chi connectivity index (χ4n) is 3.16. The Kier molecular flexibility index (Phi) is 5.48. The van der Waals surface area contributed by atoms with E-state index in [2.05, 4.69) is 50.3 Å². The summed E-state index contributed by atoms with van der Waals surface area (Å²) >= 11 is 1.37. The molecule has 0 amide bonds. The van der Waals surface area contributed by atoms with Crippen LogP contribution in [0.3, 0.4) is 0 Å². The highest BCUT2D eigenvalue weighted by atomic mass is 32.2. The van der Waals surface area contributed by atoms with Crippen LogP contribution < -0.4 is 5.32 Å². The smallest absolute Gasteiger partial charge is 0.359 e. The zero-order chi connectivity index (χ0) is 20.2. The van der Waals surface area contributed by atoms with E-state index in [1.807, 2.05) is 36.6 Å². The zero-order valence-electron chi connectivity index (χ0n) is 16.1. The van der Waals surface area contributed by atoms with Crippen LogP contribution in [0.5, 0.6) is 0 Å². The van der Waals surface area contributed by atoms with Gasteiger partial charge >= 0.3 is 5.97 Å². The van der Waals surface area contributed by atoms with Gasteiger partial charge in [0.1, 0.15) is 0 Å². The molecule has 0 radical (unpaired) electrons. The summed E-state index contributed by atoms with van der Waals surface area (Å²) in [5, 5.41) is 4.87. The van der Waals surface area contributed by atoms with Crippen LogP contribution in [0.15, 0.2) is 72.1 Å². The summed E-state index contributed by atoms with van der Waals surface area (Å²) in [6.07, 6.45) is 5.55. The molecule has 29 heavy (non-hydrogen) atoms. The van der Waals surface area contributed by atoms with Gasteiger partial charge in [-0.2, -0.15) is 0 Å². The first-order chi connectivity index (χ1) is 14.2. The second-order valence-corrected chi connectivity index (χ2v) is 7.21. The van der Waals surface area contributed by atoms with E-state index < -0.39 is 5.97 Å². The van der Waals surface area contributed by atoms with Crippen molar-refractivity contribution in [2.24, 2.45) is 0 Å². The molecule has 6 nitrogen and oxygen atoms in total. The van der Waals surface area contributed by atoms with Crippen LogP contribution >= 0.6 is 11.8 Å². The van der Waals surface area contributed by atoms with E-state index in [9.17, 15) is 4.79 Å². The predicted octanol–water partition coefficient (Wildman–Crippen LogP) is 4.73. The number of nitrogens with one attached hydrogen (secondary N) is 1. The van der Waals surface area contributed by atoms with E-state index >= 15 is 0 Å². The standard InChI is InChI=1S/C22H20N4O2S/c1-28-21(27)20-18(13-23-22(25-20)29-2)24-17-8-9-19-16(12-17)10-11-26(19)14-15-6-4-3-5-7-15/h3-13,24H,14H2,1-2H3. The molecule has 0 aliphatic heterocycles. The van der Waals surface area contributed by atoms with E-state index in [1.165, 1.54) is 24.4 Å². The molecule has 2 heterocycles. The van der Waals surface area contributed by atoms with Gasteiger partial charge in [-0.25, -0.2) is 14.8 Å². The lowest BCUT2D eigenvalue weighted by Gasteiger charge is -2.11. The van der Waals surface area contributed by atoms with Crippen molar-refractivity contribution in [2.45, 2.75) is 11.7 Å². The maximum absolute atomic E-state index is 12.1. The van der Waals surface area contributed by atoms with Gasteiger partial charge in [0.15, 0.2) is 10.9 Å². The molecule has 0 aliphatic rings. The third kappa shape index (κ3) is 4.09. The van der Waals surface area contributed by atoms with Crippen LogP contribution in [0.2, 0.25) is 0 Å². The molecule has 0 fully saturated rings. The van der Waals surface area contributed by atoms with E-state index in [1.54, 1.807) is 6.20 Å². The molecule has 0 bridgehead atoms. The average Bonchev–Trinajstić information content (AvgIpc) is 3.16. The van der Waals surface area contributed by atoms with E-state index in [0.29, 0.717) is 10.8 Å². The topological polar surface area (TPSA) is 69.0 Å². The first-order valence-corrected chi connectivity index (χ1v) is 10.3. The van der Waals surface area contributed by atoms with Gasteiger partial charge in [-0.15, -0.1) is 0 Å². The van der Waals surface area contributed by atoms with Crippen molar-refractivity contribution in [1.82, 2.24) is 14.5 Å². The maximum Gasteiger partial charge on any atom is 0.359 e. The van der Waals surface area contributed by atoms with Gasteiger partial charge in [0.25, 0.3) is 0 Å². The van der Waals surface area contributed by atoms with Crippen LogP contribution in [-0.4, -0.2) is 33.9 Å². The molecule has 2 aromatic carbocycles. The average molecular weight is 404 g/mol. The Morgan fingerprint density at radius 1 is 1.17 bits per heavy atom. The van der Waals surface area contributed by atoms with Crippen molar-refractivity contribution in [3.8, 4) is 0 Å². The molecule has 0 aliphatic carbocycles. The Morgan fingerprint density at radius 2 is 2.00 bits per heavy atom. The summed E-state index contributed by atoms with van der Waals surface area (Å²) < 4.78 is 7.08. The number of anilines is 2. The molecule has 4 aromatic rings. The van der Waals surface area contributed by atoms with Crippen LogP contribution in [0.1, 0.15) is 16.1 Å². The quantitative estimate of drug-likeness (QED) is 0.285. The Morgan fingerprint density at radius 3 is 2.76 bits per heavy atom. The minimum atomic E-state index is -0.500. The van der Waals surface area contributed by atoms with Gasteiger partial charge in [-0.3, -0.25) is 0 Å². The zero-order valence-corrected chi connectivity index (χ0v) is 16.9. The second kappa shape index (κ2) is 8.36. The number of carbonyl (C=O) groups excluding carboxylic acids is 1. The highest BCUT2D eigenvalue weighted by Crippen LogP contribution is 2.26. The minimum Gasteiger partial charge on any atom is -0.464 e. The maximum atomic E-state index is 12.1. The highest BCUT2D eigenvalue weighted by molar-refractivity contribution is 7.98. The number of benzene rings is 2. The van der Waals surface area contributed by atoms with E-state index in [4.69, 9.17) is 4.74 Å². The van der Waals surface area contributed by atoms with E-state index in [-0.39, 0.29) is 5.69 Å². The van der Waals surface area contributed by atoms with Crippen LogP contribution in [0.4, 0.5) is 11.4 Å². The first kappa shape index (κ1) is 19.0. The second-order valence-electron chi connectivity index (χ2n) is 6.44. The number of carbonyl (C=O) groups is 1. The van der Waals surface area contributed by atoms with Crippen molar-refractivity contribution < 1.29 is 9.53 Å². The van der Waals surface area contributed by atoms with Gasteiger partial charge in [0.2, 0.25) is 0 Å². The molecular formula is C22H20N4O2S. The van der Waals surface area contributed by atoms with Crippen LogP contribution in [-0.2, 0) is 11.3 Å². The van der Waals surface area contributed by atoms with Crippen molar-refractivity contribution in [1.29, 1.82) is 0 Å². The number of aromatic nitrogens is 3. The lowest BCUT2D eigenvalue weighted by Crippen LogP contribution is -2.10. The predicted molar refractivity (Wildman–Crippen MR) is 116 cm³/mol. The molecular weight excluding hydrogens is 384 g/mol. The third-order valence-electron chi connectivity index (χ3n) is 4.57. The molecule has 0 spiro atoms. The minimum absolute atomic E-state index is 0.216. The third-order valence-corrected chi connectivity index (χ3v) is 5.14. The van der Waals surface area contributed by atoms with Gasteiger partial charge in [0.05, 0.1) is 19.0 Å². The number of thioether (sulfide) groups is 1. The molecule has 4 rings (SSSR count). The van der Waals surface area contributed by atoms with E-state index in [0.717, 1.165) is 23.1 Å². The summed E-state index contributed by atoms with van der Waals surface area (Å²) in [6.45, 7) is 0.813. The Labute approximate surface area is 172 Å². The monoisotopic (exact) mass is 404 g/mol. The fraction of sp³-hybridized carbons (Fsp3) is 0.136. The van der Waals surface area contributed by atoms with Crippen LogP contribution in [0.25, 0.3) is 10.9 Å². The Bertz CT molecular complexity index is 1160. The molecule has 0 atom stereocenters. The van der Waals surface area contributed by atoms with Crippen LogP contribution in [0, 0.1) is 0 Å². The Hall–Kier alpha value is -3.32. The number of methoxy groups -OCH3 is 1. The van der Waals surface area contributed by atoms with Gasteiger partial charge < -0.3 is 14.6 Å². The molecule has 0 saturated heterocycles. The van der Waals surface area contributed by atoms with Crippen molar-refractivity contribution in [3.63, 3.8) is 0 Å². The summed E-state index contributed by atoms with van der Waals surface area (Å²) in [7, 11) is 1.34. The van der Waals surface area contributed by atoms with Crippen molar-refractivity contribution in [3.05, 3.63) is 78.2 Å². The number of hydrogen-bond acceptors (Lipinski definition) is 6. The van der Waals surface area contributed by atoms with Crippen molar-refractivity contribution >= 4 is 40.0 Å². The normalized spacial score (nSPS) is 10.8. The summed E-state index contributed by atoms with van der Waals surface area (Å²) in [5.41, 5.74) is 3.97. The number of fused-ring (bicyclic) bond motifs is 1. The summed E-state index contributed by atoms with van der Waals surface area (Å²) in [5.74, 6) is -0.500. The lowest BCUT2D eigenvalue weighted by molar-refractivity contribution is 0.0594. The molecule has 1 N–H and O–H groups in total. The first-order valence-electron chi connectivity index (χ1n) is 9.07. The molecule has 146 valence electrons. The largest absolute Gasteiger partial charge is 0.464 e. The van der Waals surface area contributed by atoms with Gasteiger partial charge in [0, 0.05) is 29.3 Å². The number of nitrogens with zero attached hydrogens (tertiary/aromatic N) is 3. The molecule has 2 aromatic heterocycles. The molecule has 0 unspecified atom stereocenters. The SMILES string of the molecule is COC(=O)c1nc(SC)ncc1Nc1ccc2c(ccn2Cc2ccccc2)c1. The Balaban J connectivity index is 1.62. The number of hydrogen-bond donors (Lipinski definition) is 1. The summed E-state index contributed by atoms with van der Waals surface area (Å²) in [4.78, 5) is 20.7. The molecule has 0 saturated carbocycles. The lowest BCUT2D eigenvalue weighted by atomic mass is 10.2. The van der Waals surface area contributed by atoms with Crippen molar-refractivity contribution in [2.75, 3.05) is 18.7 Å². The molecule has 7 heteroatoms. The fourth-order valence-corrected chi connectivity index (χ4v) is 3.50. The van der Waals surface area contributed by atoms with Gasteiger partial charge in [-0.1, -0.05) is 42.1 Å².